The van der Waals surface area contributed by atoms with E-state index in [1.807, 2.05) is 0 Å². The van der Waals surface area contributed by atoms with E-state index in [0.29, 0.717) is 6.04 Å². The molecule has 0 spiro atoms. The highest BCUT2D eigenvalue weighted by atomic mass is 16.3. The lowest BCUT2D eigenvalue weighted by molar-refractivity contribution is -0.129. The number of nitrogens with one attached hydrogen (secondary N) is 1. The molecule has 120 valence electrons. The lowest BCUT2D eigenvalue weighted by atomic mass is 9.47. The lowest BCUT2D eigenvalue weighted by Gasteiger charge is -2.59. The average molecular weight is 291 g/mol. The fraction of sp³-hybridized carbons (Fsp3) is 1.00. The Balaban J connectivity index is 1.42. The zero-order valence-corrected chi connectivity index (χ0v) is 13.7. The summed E-state index contributed by atoms with van der Waals surface area (Å²) in [5, 5.41) is 14.9. The molecule has 2 heteroatoms. The van der Waals surface area contributed by atoms with Gasteiger partial charge in [0.1, 0.15) is 0 Å². The van der Waals surface area contributed by atoms with E-state index in [1.165, 1.54) is 70.6 Å². The van der Waals surface area contributed by atoms with Gasteiger partial charge in [-0.05, 0) is 81.5 Å². The maximum Gasteiger partial charge on any atom is 0.0746 e. The van der Waals surface area contributed by atoms with Crippen LogP contribution in [0.3, 0.4) is 0 Å². The Morgan fingerprint density at radius 3 is 1.95 bits per heavy atom. The smallest absolute Gasteiger partial charge is 0.0746 e. The first-order valence-electron chi connectivity index (χ1n) is 9.59. The van der Waals surface area contributed by atoms with Gasteiger partial charge in [0.05, 0.1) is 6.10 Å². The van der Waals surface area contributed by atoms with Crippen molar-refractivity contribution < 1.29 is 5.11 Å². The molecule has 5 aliphatic rings. The third-order valence-electron chi connectivity index (χ3n) is 7.29. The van der Waals surface area contributed by atoms with E-state index in [1.54, 1.807) is 0 Å². The van der Waals surface area contributed by atoms with Crippen LogP contribution in [0.5, 0.6) is 0 Å². The molecule has 0 heterocycles. The van der Waals surface area contributed by atoms with Crippen molar-refractivity contribution in [2.45, 2.75) is 95.7 Å². The minimum absolute atomic E-state index is 0.118. The zero-order valence-electron chi connectivity index (χ0n) is 13.7. The molecule has 0 aromatic rings. The largest absolute Gasteiger partial charge is 0.391 e. The van der Waals surface area contributed by atoms with Crippen LogP contribution in [0.1, 0.15) is 77.6 Å². The molecule has 2 nitrogen and oxygen atoms in total. The summed E-state index contributed by atoms with van der Waals surface area (Å²) in [6, 6.07) is 0.946. The molecule has 4 bridgehead atoms. The molecule has 5 fully saturated rings. The van der Waals surface area contributed by atoms with Gasteiger partial charge in [-0.3, -0.25) is 0 Å². The molecule has 5 rings (SSSR count). The van der Waals surface area contributed by atoms with Gasteiger partial charge in [-0.1, -0.05) is 19.3 Å². The van der Waals surface area contributed by atoms with E-state index in [0.717, 1.165) is 17.8 Å². The van der Waals surface area contributed by atoms with Crippen LogP contribution in [0.25, 0.3) is 0 Å². The summed E-state index contributed by atoms with van der Waals surface area (Å²) in [6.45, 7) is 2.25. The number of hydrogen-bond donors (Lipinski definition) is 2. The maximum absolute atomic E-state index is 11.2. The van der Waals surface area contributed by atoms with Gasteiger partial charge >= 0.3 is 0 Å². The molecule has 2 N–H and O–H groups in total. The summed E-state index contributed by atoms with van der Waals surface area (Å²) in [6.07, 6.45) is 15.0. The molecular weight excluding hydrogens is 258 g/mol. The second-order valence-electron chi connectivity index (χ2n) is 9.02. The molecule has 0 unspecified atom stereocenters. The quantitative estimate of drug-likeness (QED) is 0.824. The van der Waals surface area contributed by atoms with Crippen molar-refractivity contribution in [1.82, 2.24) is 5.32 Å². The first kappa shape index (κ1) is 14.5. The molecule has 0 aliphatic heterocycles. The Bertz CT molecular complexity index is 338. The van der Waals surface area contributed by atoms with Crippen LogP contribution in [-0.4, -0.2) is 23.3 Å². The second kappa shape index (κ2) is 5.53. The van der Waals surface area contributed by atoms with Crippen molar-refractivity contribution in [3.8, 4) is 0 Å². The SMILES string of the molecule is C[C@H](NC1CCCCC1)[C@H](O)C12CC3CC(CC(C3)C1)C2. The average Bonchev–Trinajstić information content (AvgIpc) is 2.46. The predicted octanol–water partition coefficient (Wildman–Crippen LogP) is 3.87. The van der Waals surface area contributed by atoms with Crippen molar-refractivity contribution in [1.29, 1.82) is 0 Å². The minimum atomic E-state index is -0.118. The van der Waals surface area contributed by atoms with Gasteiger partial charge in [-0.15, -0.1) is 0 Å². The van der Waals surface area contributed by atoms with Gasteiger partial charge in [0.2, 0.25) is 0 Å². The maximum atomic E-state index is 11.2. The molecule has 5 aliphatic carbocycles. The highest BCUT2D eigenvalue weighted by Crippen LogP contribution is 2.61. The van der Waals surface area contributed by atoms with E-state index in [9.17, 15) is 5.11 Å². The number of aliphatic hydroxyl groups is 1. The van der Waals surface area contributed by atoms with Crippen LogP contribution >= 0.6 is 0 Å². The van der Waals surface area contributed by atoms with Gasteiger partial charge in [0.15, 0.2) is 0 Å². The molecule has 0 amide bonds. The normalized spacial score (nSPS) is 45.7. The van der Waals surface area contributed by atoms with E-state index < -0.39 is 0 Å². The monoisotopic (exact) mass is 291 g/mol. The molecular formula is C19H33NO. The Labute approximate surface area is 130 Å². The third-order valence-corrected chi connectivity index (χ3v) is 7.29. The summed E-state index contributed by atoms with van der Waals surface area (Å²) in [5.41, 5.74) is 0.274. The van der Waals surface area contributed by atoms with Crippen molar-refractivity contribution in [2.75, 3.05) is 0 Å². The number of hydrogen-bond acceptors (Lipinski definition) is 2. The molecule has 5 saturated carbocycles. The molecule has 21 heavy (non-hydrogen) atoms. The van der Waals surface area contributed by atoms with Gasteiger partial charge in [0, 0.05) is 12.1 Å². The topological polar surface area (TPSA) is 32.3 Å². The van der Waals surface area contributed by atoms with E-state index in [4.69, 9.17) is 0 Å². The summed E-state index contributed by atoms with van der Waals surface area (Å²) < 4.78 is 0. The standard InChI is InChI=1S/C19H33NO/c1-13(20-17-5-3-2-4-6-17)18(21)19-10-14-7-15(11-19)9-16(8-14)12-19/h13-18,20-21H,2-12H2,1H3/t13-,14?,15?,16?,18-,19?/m0/s1. The van der Waals surface area contributed by atoms with Crippen LogP contribution < -0.4 is 5.32 Å². The Morgan fingerprint density at radius 1 is 0.905 bits per heavy atom. The molecule has 0 radical (unpaired) electrons. The van der Waals surface area contributed by atoms with Crippen molar-refractivity contribution in [3.63, 3.8) is 0 Å². The Morgan fingerprint density at radius 2 is 1.43 bits per heavy atom. The van der Waals surface area contributed by atoms with Gasteiger partial charge in [-0.2, -0.15) is 0 Å². The Hall–Kier alpha value is -0.0800. The Kier molecular flexibility index (Phi) is 3.82. The molecule has 0 aromatic heterocycles. The van der Waals surface area contributed by atoms with Crippen molar-refractivity contribution >= 4 is 0 Å². The zero-order chi connectivity index (χ0) is 14.4. The van der Waals surface area contributed by atoms with Crippen LogP contribution in [-0.2, 0) is 0 Å². The molecule has 2 atom stereocenters. The van der Waals surface area contributed by atoms with Crippen LogP contribution in [0.15, 0.2) is 0 Å². The highest BCUT2D eigenvalue weighted by molar-refractivity contribution is 5.06. The second-order valence-corrected chi connectivity index (χ2v) is 9.02. The first-order chi connectivity index (χ1) is 10.1. The van der Waals surface area contributed by atoms with E-state index in [2.05, 4.69) is 12.2 Å². The fourth-order valence-corrected chi connectivity index (χ4v) is 6.80. The third kappa shape index (κ3) is 2.67. The van der Waals surface area contributed by atoms with E-state index in [-0.39, 0.29) is 17.6 Å². The summed E-state index contributed by atoms with van der Waals surface area (Å²) in [5.74, 6) is 2.81. The summed E-state index contributed by atoms with van der Waals surface area (Å²) >= 11 is 0. The van der Waals surface area contributed by atoms with Gasteiger partial charge in [0.25, 0.3) is 0 Å². The number of rotatable bonds is 4. The molecule has 0 aromatic carbocycles. The van der Waals surface area contributed by atoms with E-state index >= 15 is 0 Å². The minimum Gasteiger partial charge on any atom is -0.391 e. The fourth-order valence-electron chi connectivity index (χ4n) is 6.80. The van der Waals surface area contributed by atoms with Crippen molar-refractivity contribution in [3.05, 3.63) is 0 Å². The highest BCUT2D eigenvalue weighted by Gasteiger charge is 2.54. The van der Waals surface area contributed by atoms with Gasteiger partial charge < -0.3 is 10.4 Å². The van der Waals surface area contributed by atoms with Crippen LogP contribution in [0, 0.1) is 23.2 Å². The van der Waals surface area contributed by atoms with Crippen LogP contribution in [0.4, 0.5) is 0 Å². The molecule has 0 saturated heterocycles. The lowest BCUT2D eigenvalue weighted by Crippen LogP contribution is -2.58. The first-order valence-corrected chi connectivity index (χ1v) is 9.59. The number of aliphatic hydroxyl groups excluding tert-OH is 1. The summed E-state index contributed by atoms with van der Waals surface area (Å²) in [7, 11) is 0. The van der Waals surface area contributed by atoms with Gasteiger partial charge in [-0.25, -0.2) is 0 Å². The summed E-state index contributed by atoms with van der Waals surface area (Å²) in [4.78, 5) is 0. The predicted molar refractivity (Wildman–Crippen MR) is 86.1 cm³/mol. The van der Waals surface area contributed by atoms with Crippen LogP contribution in [0.2, 0.25) is 0 Å². The van der Waals surface area contributed by atoms with Crippen molar-refractivity contribution in [2.24, 2.45) is 23.2 Å².